The second kappa shape index (κ2) is 7.16. The first kappa shape index (κ1) is 17.2. The Labute approximate surface area is 159 Å². The van der Waals surface area contributed by atoms with E-state index in [0.717, 1.165) is 34.4 Å². The van der Waals surface area contributed by atoms with Gasteiger partial charge < -0.3 is 5.32 Å². The van der Waals surface area contributed by atoms with Crippen molar-refractivity contribution >= 4 is 22.3 Å². The maximum Gasteiger partial charge on any atom is 0.160 e. The molecule has 1 N–H and O–H groups in total. The SMILES string of the molecule is Cc1cc(C)cc(Nc2nnc(Cc3ccncc3)c3cc(C)ccc23)c1. The maximum absolute atomic E-state index is 4.55. The lowest BCUT2D eigenvalue weighted by Gasteiger charge is -2.13. The van der Waals surface area contributed by atoms with Crippen molar-refractivity contribution in [2.45, 2.75) is 27.2 Å². The van der Waals surface area contributed by atoms with Crippen LogP contribution in [0.5, 0.6) is 0 Å². The van der Waals surface area contributed by atoms with E-state index in [-0.39, 0.29) is 0 Å². The number of pyridine rings is 1. The molecule has 0 amide bonds. The Morgan fingerprint density at radius 3 is 2.22 bits per heavy atom. The Hall–Kier alpha value is -3.27. The number of aromatic nitrogens is 3. The van der Waals surface area contributed by atoms with E-state index >= 15 is 0 Å². The van der Waals surface area contributed by atoms with Gasteiger partial charge in [-0.2, -0.15) is 5.10 Å². The van der Waals surface area contributed by atoms with Crippen LogP contribution < -0.4 is 5.32 Å². The van der Waals surface area contributed by atoms with Gasteiger partial charge in [-0.15, -0.1) is 5.10 Å². The zero-order chi connectivity index (χ0) is 18.8. The summed E-state index contributed by atoms with van der Waals surface area (Å²) in [6.45, 7) is 6.30. The van der Waals surface area contributed by atoms with E-state index in [9.17, 15) is 0 Å². The molecule has 0 bridgehead atoms. The zero-order valence-corrected chi connectivity index (χ0v) is 15.8. The molecule has 0 radical (unpaired) electrons. The highest BCUT2D eigenvalue weighted by Crippen LogP contribution is 2.28. The highest BCUT2D eigenvalue weighted by Gasteiger charge is 2.11. The largest absolute Gasteiger partial charge is 0.338 e. The van der Waals surface area contributed by atoms with Gasteiger partial charge in [-0.1, -0.05) is 23.8 Å². The Morgan fingerprint density at radius 2 is 1.48 bits per heavy atom. The molecule has 2 aromatic heterocycles. The quantitative estimate of drug-likeness (QED) is 0.541. The molecule has 134 valence electrons. The van der Waals surface area contributed by atoms with Gasteiger partial charge in [-0.25, -0.2) is 0 Å². The van der Waals surface area contributed by atoms with E-state index < -0.39 is 0 Å². The molecule has 0 atom stereocenters. The molecule has 2 aromatic carbocycles. The molecule has 4 rings (SSSR count). The molecule has 0 aliphatic rings. The van der Waals surface area contributed by atoms with Crippen molar-refractivity contribution in [1.29, 1.82) is 0 Å². The van der Waals surface area contributed by atoms with Gasteiger partial charge in [0, 0.05) is 35.3 Å². The van der Waals surface area contributed by atoms with E-state index in [1.807, 2.05) is 24.5 Å². The van der Waals surface area contributed by atoms with Crippen molar-refractivity contribution in [3.8, 4) is 0 Å². The fourth-order valence-corrected chi connectivity index (χ4v) is 3.42. The van der Waals surface area contributed by atoms with Gasteiger partial charge in [0.2, 0.25) is 0 Å². The van der Waals surface area contributed by atoms with Crippen molar-refractivity contribution in [3.05, 3.63) is 88.9 Å². The Balaban J connectivity index is 1.78. The number of fused-ring (bicyclic) bond motifs is 1. The van der Waals surface area contributed by atoms with Crippen LogP contribution >= 0.6 is 0 Å². The minimum absolute atomic E-state index is 0.735. The first-order valence-corrected chi connectivity index (χ1v) is 9.08. The van der Waals surface area contributed by atoms with E-state index in [1.165, 1.54) is 22.3 Å². The predicted octanol–water partition coefficient (Wildman–Crippen LogP) is 5.28. The summed E-state index contributed by atoms with van der Waals surface area (Å²) in [5.74, 6) is 0.786. The molecule has 0 spiro atoms. The fourth-order valence-electron chi connectivity index (χ4n) is 3.42. The summed E-state index contributed by atoms with van der Waals surface area (Å²) in [5.41, 5.74) is 6.84. The number of rotatable bonds is 4. The van der Waals surface area contributed by atoms with Crippen molar-refractivity contribution in [1.82, 2.24) is 15.2 Å². The van der Waals surface area contributed by atoms with Crippen LogP contribution in [0.3, 0.4) is 0 Å². The van der Waals surface area contributed by atoms with Gasteiger partial charge in [0.1, 0.15) is 0 Å². The predicted molar refractivity (Wildman–Crippen MR) is 111 cm³/mol. The van der Waals surface area contributed by atoms with E-state index in [1.54, 1.807) is 0 Å². The van der Waals surface area contributed by atoms with Gasteiger partial charge in [0.05, 0.1) is 5.69 Å². The summed E-state index contributed by atoms with van der Waals surface area (Å²) in [5, 5.41) is 14.7. The topological polar surface area (TPSA) is 50.7 Å². The molecule has 0 fully saturated rings. The van der Waals surface area contributed by atoms with Gasteiger partial charge in [-0.05, 0) is 67.8 Å². The van der Waals surface area contributed by atoms with Gasteiger partial charge in [0.25, 0.3) is 0 Å². The Bertz CT molecular complexity index is 1080. The van der Waals surface area contributed by atoms with Crippen LogP contribution in [0, 0.1) is 20.8 Å². The highest BCUT2D eigenvalue weighted by molar-refractivity contribution is 5.95. The third-order valence-electron chi connectivity index (χ3n) is 4.62. The molecule has 0 aliphatic carbocycles. The third-order valence-corrected chi connectivity index (χ3v) is 4.62. The minimum Gasteiger partial charge on any atom is -0.338 e. The van der Waals surface area contributed by atoms with Crippen LogP contribution in [-0.2, 0) is 6.42 Å². The summed E-state index contributed by atoms with van der Waals surface area (Å²) in [7, 11) is 0. The number of hydrogen-bond donors (Lipinski definition) is 1. The molecule has 2 heterocycles. The number of nitrogens with zero attached hydrogens (tertiary/aromatic N) is 3. The molecule has 4 nitrogen and oxygen atoms in total. The normalized spacial score (nSPS) is 10.9. The van der Waals surface area contributed by atoms with Crippen LogP contribution in [0.1, 0.15) is 27.9 Å². The van der Waals surface area contributed by atoms with Gasteiger partial charge >= 0.3 is 0 Å². The van der Waals surface area contributed by atoms with Crippen molar-refractivity contribution in [2.24, 2.45) is 0 Å². The molecular formula is C23H22N4. The number of nitrogens with one attached hydrogen (secondary N) is 1. The third kappa shape index (κ3) is 3.80. The maximum atomic E-state index is 4.55. The molecule has 0 unspecified atom stereocenters. The highest BCUT2D eigenvalue weighted by atomic mass is 15.2. The Morgan fingerprint density at radius 1 is 0.741 bits per heavy atom. The van der Waals surface area contributed by atoms with Gasteiger partial charge in [0.15, 0.2) is 5.82 Å². The summed E-state index contributed by atoms with van der Waals surface area (Å²) < 4.78 is 0. The van der Waals surface area contributed by atoms with E-state index in [4.69, 9.17) is 0 Å². The van der Waals surface area contributed by atoms with Gasteiger partial charge in [-0.3, -0.25) is 4.98 Å². The first-order chi connectivity index (χ1) is 13.1. The molecule has 4 heteroatoms. The smallest absolute Gasteiger partial charge is 0.160 e. The van der Waals surface area contributed by atoms with Crippen LogP contribution in [0.2, 0.25) is 0 Å². The summed E-state index contributed by atoms with van der Waals surface area (Å²) in [4.78, 5) is 4.09. The van der Waals surface area contributed by atoms with Crippen molar-refractivity contribution < 1.29 is 0 Å². The molecule has 0 saturated carbocycles. The Kier molecular flexibility index (Phi) is 4.55. The number of benzene rings is 2. The lowest BCUT2D eigenvalue weighted by atomic mass is 10.0. The van der Waals surface area contributed by atoms with E-state index in [2.05, 4.69) is 77.7 Å². The monoisotopic (exact) mass is 354 g/mol. The second-order valence-electron chi connectivity index (χ2n) is 7.08. The first-order valence-electron chi connectivity index (χ1n) is 9.08. The molecular weight excluding hydrogens is 332 g/mol. The average molecular weight is 354 g/mol. The van der Waals surface area contributed by atoms with Crippen LogP contribution in [-0.4, -0.2) is 15.2 Å². The van der Waals surface area contributed by atoms with Crippen LogP contribution in [0.15, 0.2) is 60.9 Å². The number of hydrogen-bond acceptors (Lipinski definition) is 4. The standard InChI is InChI=1S/C23H22N4/c1-15-4-5-20-21(13-15)22(14-18-6-8-24-9-7-18)26-27-23(20)25-19-11-16(2)10-17(3)12-19/h4-13H,14H2,1-3H3,(H,25,27). The molecule has 0 aliphatic heterocycles. The number of anilines is 2. The van der Waals surface area contributed by atoms with Crippen LogP contribution in [0.25, 0.3) is 10.8 Å². The molecule has 0 saturated heterocycles. The molecule has 27 heavy (non-hydrogen) atoms. The van der Waals surface area contributed by atoms with Crippen LogP contribution in [0.4, 0.5) is 11.5 Å². The average Bonchev–Trinajstić information content (AvgIpc) is 2.64. The minimum atomic E-state index is 0.735. The summed E-state index contributed by atoms with van der Waals surface area (Å²) in [6.07, 6.45) is 4.36. The number of aryl methyl sites for hydroxylation is 3. The zero-order valence-electron chi connectivity index (χ0n) is 15.8. The van der Waals surface area contributed by atoms with E-state index in [0.29, 0.717) is 0 Å². The summed E-state index contributed by atoms with van der Waals surface area (Å²) in [6, 6.07) is 16.9. The van der Waals surface area contributed by atoms with Crippen molar-refractivity contribution in [2.75, 3.05) is 5.32 Å². The molecule has 4 aromatic rings. The lowest BCUT2D eigenvalue weighted by molar-refractivity contribution is 0.960. The lowest BCUT2D eigenvalue weighted by Crippen LogP contribution is -2.03. The van der Waals surface area contributed by atoms with Crippen molar-refractivity contribution in [3.63, 3.8) is 0 Å². The second-order valence-corrected chi connectivity index (χ2v) is 7.08. The summed E-state index contributed by atoms with van der Waals surface area (Å²) >= 11 is 0. The fraction of sp³-hybridized carbons (Fsp3) is 0.174.